The first-order valence-electron chi connectivity index (χ1n) is 10.6. The normalized spacial score (nSPS) is 11.6. The minimum absolute atomic E-state index is 0.00197. The molecule has 5 rings (SSSR count). The number of hydrogen-bond acceptors (Lipinski definition) is 6. The van der Waals surface area contributed by atoms with Gasteiger partial charge < -0.3 is 4.74 Å². The SMILES string of the molecule is CCOC(=O)c1ccc(S(=O)(=O)Nc2nn3cc(-c4ccccc4)nc3c3ccccc23)cc1. The maximum Gasteiger partial charge on any atom is 0.338 e. The van der Waals surface area contributed by atoms with Crippen molar-refractivity contribution in [2.24, 2.45) is 0 Å². The van der Waals surface area contributed by atoms with Crippen molar-refractivity contribution in [3.05, 3.63) is 90.6 Å². The lowest BCUT2D eigenvalue weighted by molar-refractivity contribution is 0.0526. The molecule has 9 heteroatoms. The molecule has 34 heavy (non-hydrogen) atoms. The van der Waals surface area contributed by atoms with E-state index in [2.05, 4.69) is 9.82 Å². The monoisotopic (exact) mass is 472 g/mol. The third-order valence-corrected chi connectivity index (χ3v) is 6.65. The fraction of sp³-hybridized carbons (Fsp3) is 0.0800. The number of sulfonamides is 1. The third-order valence-electron chi connectivity index (χ3n) is 5.30. The summed E-state index contributed by atoms with van der Waals surface area (Å²) < 4.78 is 35.4. The molecule has 0 spiro atoms. The zero-order valence-electron chi connectivity index (χ0n) is 18.2. The molecular weight excluding hydrogens is 452 g/mol. The van der Waals surface area contributed by atoms with Gasteiger partial charge in [-0.2, -0.15) is 0 Å². The summed E-state index contributed by atoms with van der Waals surface area (Å²) in [7, 11) is -3.97. The highest BCUT2D eigenvalue weighted by molar-refractivity contribution is 7.92. The molecule has 2 aromatic heterocycles. The number of ether oxygens (including phenoxy) is 1. The zero-order chi connectivity index (χ0) is 23.7. The lowest BCUT2D eigenvalue weighted by Gasteiger charge is -2.11. The van der Waals surface area contributed by atoms with Crippen LogP contribution in [-0.2, 0) is 14.8 Å². The number of carbonyl (C=O) groups excluding carboxylic acids is 1. The van der Waals surface area contributed by atoms with E-state index >= 15 is 0 Å². The summed E-state index contributed by atoms with van der Waals surface area (Å²) in [6.45, 7) is 1.94. The molecule has 5 aromatic rings. The molecule has 0 atom stereocenters. The fourth-order valence-corrected chi connectivity index (χ4v) is 4.69. The van der Waals surface area contributed by atoms with Gasteiger partial charge in [0.15, 0.2) is 11.5 Å². The van der Waals surface area contributed by atoms with Gasteiger partial charge >= 0.3 is 5.97 Å². The van der Waals surface area contributed by atoms with Crippen LogP contribution in [0, 0.1) is 0 Å². The molecule has 0 saturated carbocycles. The van der Waals surface area contributed by atoms with Gasteiger partial charge in [-0.1, -0.05) is 54.6 Å². The van der Waals surface area contributed by atoms with Crippen LogP contribution in [0.15, 0.2) is 90.0 Å². The van der Waals surface area contributed by atoms with Crippen LogP contribution in [0.1, 0.15) is 17.3 Å². The molecule has 0 amide bonds. The van der Waals surface area contributed by atoms with Gasteiger partial charge in [0.05, 0.1) is 29.0 Å². The van der Waals surface area contributed by atoms with E-state index in [9.17, 15) is 13.2 Å². The predicted molar refractivity (Wildman–Crippen MR) is 129 cm³/mol. The Morgan fingerprint density at radius 2 is 1.62 bits per heavy atom. The number of nitrogens with one attached hydrogen (secondary N) is 1. The van der Waals surface area contributed by atoms with E-state index in [1.807, 2.05) is 48.5 Å². The summed E-state index contributed by atoms with van der Waals surface area (Å²) in [6.07, 6.45) is 1.77. The van der Waals surface area contributed by atoms with Crippen molar-refractivity contribution in [1.29, 1.82) is 0 Å². The summed E-state index contributed by atoms with van der Waals surface area (Å²) in [6, 6.07) is 22.6. The number of nitrogens with zero attached hydrogens (tertiary/aromatic N) is 3. The summed E-state index contributed by atoms with van der Waals surface area (Å²) in [5, 5.41) is 5.90. The van der Waals surface area contributed by atoms with Crippen LogP contribution in [0.2, 0.25) is 0 Å². The number of benzene rings is 3. The van der Waals surface area contributed by atoms with E-state index in [1.54, 1.807) is 23.7 Å². The number of rotatable bonds is 6. The van der Waals surface area contributed by atoms with Crippen molar-refractivity contribution >= 4 is 38.2 Å². The van der Waals surface area contributed by atoms with Gasteiger partial charge in [0.2, 0.25) is 0 Å². The van der Waals surface area contributed by atoms with Gasteiger partial charge in [0, 0.05) is 16.3 Å². The van der Waals surface area contributed by atoms with Crippen molar-refractivity contribution in [2.75, 3.05) is 11.3 Å². The predicted octanol–water partition coefficient (Wildman–Crippen LogP) is 4.53. The molecule has 1 N–H and O–H groups in total. The Morgan fingerprint density at radius 3 is 2.32 bits per heavy atom. The molecule has 3 aromatic carbocycles. The van der Waals surface area contributed by atoms with Gasteiger partial charge in [0.1, 0.15) is 0 Å². The minimum Gasteiger partial charge on any atom is -0.462 e. The molecule has 0 bridgehead atoms. The fourth-order valence-electron chi connectivity index (χ4n) is 3.67. The van der Waals surface area contributed by atoms with E-state index in [-0.39, 0.29) is 22.9 Å². The number of carbonyl (C=O) groups is 1. The minimum atomic E-state index is -3.97. The van der Waals surface area contributed by atoms with E-state index in [0.29, 0.717) is 11.0 Å². The van der Waals surface area contributed by atoms with Crippen molar-refractivity contribution in [2.45, 2.75) is 11.8 Å². The number of esters is 1. The van der Waals surface area contributed by atoms with Gasteiger partial charge in [-0.3, -0.25) is 4.72 Å². The molecule has 0 saturated heterocycles. The van der Waals surface area contributed by atoms with Gasteiger partial charge in [-0.05, 0) is 31.2 Å². The lowest BCUT2D eigenvalue weighted by Crippen LogP contribution is -2.15. The lowest BCUT2D eigenvalue weighted by atomic mass is 10.2. The van der Waals surface area contributed by atoms with Crippen molar-refractivity contribution in [3.63, 3.8) is 0 Å². The zero-order valence-corrected chi connectivity index (χ0v) is 19.0. The highest BCUT2D eigenvalue weighted by Gasteiger charge is 2.20. The molecule has 8 nitrogen and oxygen atoms in total. The van der Waals surface area contributed by atoms with E-state index < -0.39 is 16.0 Å². The average Bonchev–Trinajstić information content (AvgIpc) is 3.29. The van der Waals surface area contributed by atoms with Crippen molar-refractivity contribution in [1.82, 2.24) is 14.6 Å². The number of imidazole rings is 1. The summed E-state index contributed by atoms with van der Waals surface area (Å²) in [5.41, 5.74) is 2.56. The molecule has 0 radical (unpaired) electrons. The Morgan fingerprint density at radius 1 is 0.941 bits per heavy atom. The molecule has 2 heterocycles. The molecule has 0 unspecified atom stereocenters. The van der Waals surface area contributed by atoms with Crippen LogP contribution in [-0.4, -0.2) is 35.6 Å². The van der Waals surface area contributed by atoms with Crippen LogP contribution < -0.4 is 4.72 Å². The number of anilines is 1. The largest absolute Gasteiger partial charge is 0.462 e. The Balaban J connectivity index is 1.56. The van der Waals surface area contributed by atoms with Crippen molar-refractivity contribution in [3.8, 4) is 11.3 Å². The van der Waals surface area contributed by atoms with Crippen LogP contribution in [0.25, 0.3) is 27.7 Å². The number of aromatic nitrogens is 3. The second-order valence-electron chi connectivity index (χ2n) is 7.50. The van der Waals surface area contributed by atoms with Crippen LogP contribution in [0.3, 0.4) is 0 Å². The summed E-state index contributed by atoms with van der Waals surface area (Å²) in [5.74, 6) is -0.332. The first-order chi connectivity index (χ1) is 16.5. The number of fused-ring (bicyclic) bond motifs is 3. The second kappa shape index (κ2) is 8.60. The molecule has 0 aliphatic carbocycles. The highest BCUT2D eigenvalue weighted by Crippen LogP contribution is 2.29. The van der Waals surface area contributed by atoms with Crippen molar-refractivity contribution < 1.29 is 17.9 Å². The average molecular weight is 473 g/mol. The molecular formula is C25H20N4O4S. The maximum atomic E-state index is 13.1. The van der Waals surface area contributed by atoms with Crippen LogP contribution in [0.4, 0.5) is 5.82 Å². The van der Waals surface area contributed by atoms with Gasteiger partial charge in [0.25, 0.3) is 10.0 Å². The smallest absolute Gasteiger partial charge is 0.338 e. The van der Waals surface area contributed by atoms with Crippen LogP contribution in [0.5, 0.6) is 0 Å². The molecule has 0 fully saturated rings. The Kier molecular flexibility index (Phi) is 5.46. The molecule has 0 aliphatic heterocycles. The first kappa shape index (κ1) is 21.6. The summed E-state index contributed by atoms with van der Waals surface area (Å²) in [4.78, 5) is 16.6. The van der Waals surface area contributed by atoms with E-state index in [0.717, 1.165) is 16.6 Å². The molecule has 0 aliphatic rings. The van der Waals surface area contributed by atoms with E-state index in [1.165, 1.54) is 24.3 Å². The third kappa shape index (κ3) is 3.97. The number of hydrogen-bond donors (Lipinski definition) is 1. The van der Waals surface area contributed by atoms with Gasteiger partial charge in [-0.25, -0.2) is 22.7 Å². The Hall–Kier alpha value is -4.24. The Bertz CT molecular complexity index is 1610. The quantitative estimate of drug-likeness (QED) is 0.364. The topological polar surface area (TPSA) is 103 Å². The standard InChI is InChI=1S/C25H20N4O4S/c1-2-33-25(30)18-12-14-19(15-13-18)34(31,32)28-23-20-10-6-7-11-21(20)24-26-22(16-29(24)27-23)17-8-4-3-5-9-17/h3-16H,2H2,1H3,(H,27,28). The maximum absolute atomic E-state index is 13.1. The molecule has 170 valence electrons. The van der Waals surface area contributed by atoms with Gasteiger partial charge in [-0.15, -0.1) is 5.10 Å². The first-order valence-corrected chi connectivity index (χ1v) is 12.1. The summed E-state index contributed by atoms with van der Waals surface area (Å²) >= 11 is 0. The second-order valence-corrected chi connectivity index (χ2v) is 9.19. The van der Waals surface area contributed by atoms with Crippen LogP contribution >= 0.6 is 0 Å². The van der Waals surface area contributed by atoms with E-state index in [4.69, 9.17) is 9.72 Å². The Labute approximate surface area is 195 Å². The highest BCUT2D eigenvalue weighted by atomic mass is 32.2.